The van der Waals surface area contributed by atoms with Crippen LogP contribution >= 0.6 is 0 Å². The minimum atomic E-state index is -1.51. The van der Waals surface area contributed by atoms with Gasteiger partial charge in [0.1, 0.15) is 13.2 Å². The number of carbonyl (C=O) groups excluding carboxylic acids is 2. The zero-order valence-corrected chi connectivity index (χ0v) is 55.7. The van der Waals surface area contributed by atoms with Crippen molar-refractivity contribution < 1.29 is 42.9 Å². The molecular formula is C76H132NO8+. The third-order valence-electron chi connectivity index (χ3n) is 15.0. The average Bonchev–Trinajstić information content (AvgIpc) is 3.49. The topological polar surface area (TPSA) is 108 Å². The van der Waals surface area contributed by atoms with Crippen LogP contribution in [0.1, 0.15) is 296 Å². The summed E-state index contributed by atoms with van der Waals surface area (Å²) in [6.07, 6.45) is 89.1. The molecule has 85 heavy (non-hydrogen) atoms. The van der Waals surface area contributed by atoms with Crippen LogP contribution in [0.15, 0.2) is 109 Å². The number of carboxylic acids is 1. The van der Waals surface area contributed by atoms with Crippen LogP contribution in [0.5, 0.6) is 0 Å². The largest absolute Gasteiger partial charge is 0.477 e. The minimum Gasteiger partial charge on any atom is -0.477 e. The van der Waals surface area contributed by atoms with E-state index in [1.165, 1.54) is 173 Å². The number of aliphatic carboxylic acids is 1. The molecule has 0 aliphatic carbocycles. The fourth-order valence-corrected chi connectivity index (χ4v) is 9.74. The van der Waals surface area contributed by atoms with Gasteiger partial charge >= 0.3 is 17.9 Å². The summed E-state index contributed by atoms with van der Waals surface area (Å²) in [7, 11) is 5.98. The number of hydrogen-bond acceptors (Lipinski definition) is 7. The van der Waals surface area contributed by atoms with Crippen molar-refractivity contribution in [2.45, 2.75) is 309 Å². The summed E-state index contributed by atoms with van der Waals surface area (Å²) in [5, 5.41) is 9.75. The smallest absolute Gasteiger partial charge is 0.361 e. The lowest BCUT2D eigenvalue weighted by molar-refractivity contribution is -0.870. The summed E-state index contributed by atoms with van der Waals surface area (Å²) >= 11 is 0. The second-order valence-electron chi connectivity index (χ2n) is 24.4. The van der Waals surface area contributed by atoms with E-state index in [2.05, 4.69) is 123 Å². The predicted molar refractivity (Wildman–Crippen MR) is 364 cm³/mol. The number of ether oxygens (including phenoxy) is 4. The summed E-state index contributed by atoms with van der Waals surface area (Å²) < 4.78 is 23.0. The highest BCUT2D eigenvalue weighted by molar-refractivity contribution is 5.71. The summed E-state index contributed by atoms with van der Waals surface area (Å²) in [5.74, 6) is -2.00. The Labute approximate surface area is 524 Å². The van der Waals surface area contributed by atoms with Crippen LogP contribution in [-0.4, -0.2) is 87.4 Å². The molecule has 0 aliphatic heterocycles. The normalized spacial score (nSPS) is 13.4. The molecule has 0 aromatic heterocycles. The lowest BCUT2D eigenvalue weighted by Gasteiger charge is -2.25. The maximum Gasteiger partial charge on any atom is 0.361 e. The second-order valence-corrected chi connectivity index (χ2v) is 24.4. The van der Waals surface area contributed by atoms with Gasteiger partial charge in [0, 0.05) is 12.8 Å². The van der Waals surface area contributed by atoms with Crippen molar-refractivity contribution in [2.24, 2.45) is 0 Å². The van der Waals surface area contributed by atoms with Gasteiger partial charge in [-0.15, -0.1) is 0 Å². The second kappa shape index (κ2) is 65.9. The van der Waals surface area contributed by atoms with Gasteiger partial charge in [0.2, 0.25) is 0 Å². The van der Waals surface area contributed by atoms with Gasteiger partial charge in [-0.1, -0.05) is 297 Å². The van der Waals surface area contributed by atoms with Crippen LogP contribution in [0.2, 0.25) is 0 Å². The van der Waals surface area contributed by atoms with Crippen LogP contribution in [-0.2, 0) is 33.3 Å². The number of quaternary nitrogens is 1. The zero-order valence-electron chi connectivity index (χ0n) is 55.7. The number of rotatable bonds is 64. The molecule has 0 saturated carbocycles. The van der Waals surface area contributed by atoms with Crippen molar-refractivity contribution in [2.75, 3.05) is 47.5 Å². The van der Waals surface area contributed by atoms with Gasteiger partial charge in [0.05, 0.1) is 34.4 Å². The van der Waals surface area contributed by atoms with E-state index in [1.807, 2.05) is 21.1 Å². The lowest BCUT2D eigenvalue weighted by Crippen LogP contribution is -2.40. The Morgan fingerprint density at radius 1 is 0.353 bits per heavy atom. The van der Waals surface area contributed by atoms with Gasteiger partial charge in [-0.25, -0.2) is 4.79 Å². The molecule has 2 atom stereocenters. The van der Waals surface area contributed by atoms with E-state index in [-0.39, 0.29) is 32.2 Å². The molecule has 0 saturated heterocycles. The molecular weight excluding hydrogens is 1050 g/mol. The van der Waals surface area contributed by atoms with Gasteiger partial charge in [-0.3, -0.25) is 9.59 Å². The Morgan fingerprint density at radius 2 is 0.635 bits per heavy atom. The number of nitrogens with zero attached hydrogens (tertiary/aromatic N) is 1. The highest BCUT2D eigenvalue weighted by Crippen LogP contribution is 2.18. The van der Waals surface area contributed by atoms with Crippen LogP contribution in [0.3, 0.4) is 0 Å². The summed E-state index contributed by atoms with van der Waals surface area (Å²) in [6, 6.07) is 0. The molecule has 0 spiro atoms. The van der Waals surface area contributed by atoms with E-state index < -0.39 is 24.3 Å². The van der Waals surface area contributed by atoms with Gasteiger partial charge in [-0.05, 0) is 96.3 Å². The quantitative estimate of drug-likeness (QED) is 0.0211. The first-order chi connectivity index (χ1) is 41.6. The van der Waals surface area contributed by atoms with Gasteiger partial charge < -0.3 is 28.5 Å². The van der Waals surface area contributed by atoms with E-state index in [1.54, 1.807) is 0 Å². The first-order valence-corrected chi connectivity index (χ1v) is 35.1. The lowest BCUT2D eigenvalue weighted by atomic mass is 10.0. The van der Waals surface area contributed by atoms with Crippen molar-refractivity contribution in [3.05, 3.63) is 109 Å². The highest BCUT2D eigenvalue weighted by Gasteiger charge is 2.25. The Balaban J connectivity index is 4.10. The first kappa shape index (κ1) is 81.0. The molecule has 1 N–H and O–H groups in total. The van der Waals surface area contributed by atoms with Crippen molar-refractivity contribution in [3.8, 4) is 0 Å². The number of carbonyl (C=O) groups is 3. The number of likely N-dealkylation sites (N-methyl/N-ethyl adjacent to an activating group) is 1. The monoisotopic (exact) mass is 1190 g/mol. The number of hydrogen-bond donors (Lipinski definition) is 1. The standard InChI is InChI=1S/C76H131NO8/c1-6-8-10-12-14-16-18-20-22-24-26-28-30-32-34-35-36-37-38-39-41-43-45-47-49-51-53-55-57-59-61-63-65-67-74(79)85-72(71-84-76(75(80)81)82-69-68-77(3,4)5)70-83-73(78)66-64-62-60-58-56-54-52-50-48-46-44-42-40-33-31-29-27-25-23-21-19-17-15-13-11-9-7-2/h8-11,14-17,20-23,26-29,32,34,72,76H,6-7,12-13,18-19,24-25,30-31,33,35-71H2,1-5H3/p+1/b10-8-,11-9-,16-14-,17-15-,22-20-,23-21-,28-26-,29-27-,34-32-. The van der Waals surface area contributed by atoms with Crippen molar-refractivity contribution in [1.82, 2.24) is 0 Å². The van der Waals surface area contributed by atoms with Gasteiger partial charge in [0.25, 0.3) is 6.29 Å². The Hall–Kier alpha value is -4.05. The number of carboxylic acid groups (broad SMARTS) is 1. The molecule has 0 heterocycles. The maximum atomic E-state index is 13.0. The van der Waals surface area contributed by atoms with Crippen molar-refractivity contribution >= 4 is 17.9 Å². The van der Waals surface area contributed by atoms with Crippen LogP contribution < -0.4 is 0 Å². The Morgan fingerprint density at radius 3 is 0.941 bits per heavy atom. The van der Waals surface area contributed by atoms with Gasteiger partial charge in [-0.2, -0.15) is 0 Å². The third kappa shape index (κ3) is 67.3. The predicted octanol–water partition coefficient (Wildman–Crippen LogP) is 21.8. The van der Waals surface area contributed by atoms with E-state index in [0.29, 0.717) is 17.4 Å². The molecule has 0 aliphatic rings. The maximum absolute atomic E-state index is 13.0. The third-order valence-corrected chi connectivity index (χ3v) is 15.0. The molecule has 0 rings (SSSR count). The fourth-order valence-electron chi connectivity index (χ4n) is 9.74. The average molecular weight is 1190 g/mol. The van der Waals surface area contributed by atoms with E-state index in [0.717, 1.165) is 96.3 Å². The Kier molecular flexibility index (Phi) is 62.8. The SMILES string of the molecule is CC/C=C\C/C=C\C/C=C\C/C=C\C/C=C\CCCCCCCCCCCCCCCCCCCC(=O)OC(COC(=O)CCCCCCCCCCCCCCCC/C=C\C/C=C\C/C=C\C/C=C\CC)COC(OCC[N+](C)(C)C)C(=O)O. The van der Waals surface area contributed by atoms with Crippen LogP contribution in [0.25, 0.3) is 0 Å². The number of esters is 2. The molecule has 488 valence electrons. The minimum absolute atomic E-state index is 0.184. The fraction of sp³-hybridized carbons (Fsp3) is 0.724. The Bertz CT molecular complexity index is 1760. The number of allylic oxidation sites excluding steroid dienone is 18. The van der Waals surface area contributed by atoms with Crippen LogP contribution in [0, 0.1) is 0 Å². The summed E-state index contributed by atoms with van der Waals surface area (Å²) in [4.78, 5) is 37.6. The molecule has 9 heteroatoms. The molecule has 9 nitrogen and oxygen atoms in total. The molecule has 0 amide bonds. The number of unbranched alkanes of at least 4 members (excludes halogenated alkanes) is 31. The first-order valence-electron chi connectivity index (χ1n) is 35.1. The van der Waals surface area contributed by atoms with E-state index in [4.69, 9.17) is 18.9 Å². The zero-order chi connectivity index (χ0) is 61.9. The van der Waals surface area contributed by atoms with Crippen molar-refractivity contribution in [3.63, 3.8) is 0 Å². The summed E-state index contributed by atoms with van der Waals surface area (Å²) in [5.41, 5.74) is 0. The van der Waals surface area contributed by atoms with E-state index >= 15 is 0 Å². The molecule has 0 radical (unpaired) electrons. The molecule has 0 aromatic rings. The highest BCUT2D eigenvalue weighted by atomic mass is 16.7. The van der Waals surface area contributed by atoms with E-state index in [9.17, 15) is 19.5 Å². The van der Waals surface area contributed by atoms with Crippen molar-refractivity contribution in [1.29, 1.82) is 0 Å². The van der Waals surface area contributed by atoms with Crippen LogP contribution in [0.4, 0.5) is 0 Å². The molecule has 0 bridgehead atoms. The van der Waals surface area contributed by atoms with Gasteiger partial charge in [0.15, 0.2) is 6.10 Å². The summed E-state index contributed by atoms with van der Waals surface area (Å²) in [6.45, 7) is 4.68. The molecule has 0 fully saturated rings. The molecule has 0 aromatic carbocycles. The molecule has 2 unspecified atom stereocenters.